The van der Waals surface area contributed by atoms with Crippen LogP contribution >= 0.6 is 0 Å². The standard InChI is InChI=1S/C16H20N2O2S/c1-12(2)18-16(14-5-4-10-17-11-14)21(19,20)15-8-6-13(3)7-9-15/h4-12,16,18H,1-3H3. The molecule has 0 radical (unpaired) electrons. The molecule has 1 unspecified atom stereocenters. The summed E-state index contributed by atoms with van der Waals surface area (Å²) in [5.41, 5.74) is 1.68. The molecule has 0 aliphatic rings. The van der Waals surface area contributed by atoms with Crippen molar-refractivity contribution in [2.75, 3.05) is 0 Å². The van der Waals surface area contributed by atoms with Gasteiger partial charge in [0, 0.05) is 24.0 Å². The first kappa shape index (κ1) is 15.7. The molecule has 2 aromatic rings. The second kappa shape index (κ2) is 6.37. The van der Waals surface area contributed by atoms with Crippen LogP contribution in [0.25, 0.3) is 0 Å². The molecule has 0 aliphatic heterocycles. The lowest BCUT2D eigenvalue weighted by molar-refractivity contribution is 0.522. The summed E-state index contributed by atoms with van der Waals surface area (Å²) < 4.78 is 25.8. The van der Waals surface area contributed by atoms with Gasteiger partial charge < -0.3 is 0 Å². The van der Waals surface area contributed by atoms with Gasteiger partial charge in [0.1, 0.15) is 5.37 Å². The maximum absolute atomic E-state index is 12.9. The summed E-state index contributed by atoms with van der Waals surface area (Å²) in [6, 6.07) is 10.5. The Labute approximate surface area is 126 Å². The molecule has 0 fully saturated rings. The molecule has 4 nitrogen and oxygen atoms in total. The van der Waals surface area contributed by atoms with Crippen LogP contribution < -0.4 is 5.32 Å². The molecule has 1 N–H and O–H groups in total. The van der Waals surface area contributed by atoms with Crippen molar-refractivity contribution in [1.29, 1.82) is 0 Å². The van der Waals surface area contributed by atoms with Crippen molar-refractivity contribution in [3.8, 4) is 0 Å². The molecule has 1 aromatic heterocycles. The van der Waals surface area contributed by atoms with E-state index in [1.54, 1.807) is 36.7 Å². The van der Waals surface area contributed by atoms with E-state index in [1.807, 2.05) is 32.9 Å². The average Bonchev–Trinajstić information content (AvgIpc) is 2.46. The van der Waals surface area contributed by atoms with Gasteiger partial charge in [-0.1, -0.05) is 23.8 Å². The van der Waals surface area contributed by atoms with E-state index in [0.29, 0.717) is 10.5 Å². The number of nitrogens with zero attached hydrogens (tertiary/aromatic N) is 1. The van der Waals surface area contributed by atoms with E-state index in [9.17, 15) is 8.42 Å². The number of nitrogens with one attached hydrogen (secondary N) is 1. The van der Waals surface area contributed by atoms with Gasteiger partial charge in [-0.2, -0.15) is 0 Å². The van der Waals surface area contributed by atoms with Crippen molar-refractivity contribution in [2.45, 2.75) is 37.1 Å². The third-order valence-corrected chi connectivity index (χ3v) is 5.09. The van der Waals surface area contributed by atoms with Crippen molar-refractivity contribution < 1.29 is 8.42 Å². The third kappa shape index (κ3) is 3.68. The summed E-state index contributed by atoms with van der Waals surface area (Å²) in [6.45, 7) is 5.78. The maximum atomic E-state index is 12.9. The fraction of sp³-hybridized carbons (Fsp3) is 0.312. The summed E-state index contributed by atoms with van der Waals surface area (Å²) >= 11 is 0. The Kier molecular flexibility index (Phi) is 4.75. The van der Waals surface area contributed by atoms with Crippen molar-refractivity contribution in [3.05, 3.63) is 59.9 Å². The van der Waals surface area contributed by atoms with E-state index < -0.39 is 15.2 Å². The van der Waals surface area contributed by atoms with Gasteiger partial charge in [-0.05, 0) is 39.0 Å². The summed E-state index contributed by atoms with van der Waals surface area (Å²) in [7, 11) is -3.52. The van der Waals surface area contributed by atoms with Gasteiger partial charge >= 0.3 is 0 Å². The highest BCUT2D eigenvalue weighted by atomic mass is 32.2. The number of rotatable bonds is 5. The van der Waals surface area contributed by atoms with E-state index in [0.717, 1.165) is 5.56 Å². The van der Waals surface area contributed by atoms with Gasteiger partial charge in [0.25, 0.3) is 0 Å². The first-order valence-electron chi connectivity index (χ1n) is 6.88. The van der Waals surface area contributed by atoms with Gasteiger partial charge in [0.15, 0.2) is 9.84 Å². The highest BCUT2D eigenvalue weighted by molar-refractivity contribution is 7.91. The Bertz CT molecular complexity index is 680. The molecule has 21 heavy (non-hydrogen) atoms. The number of hydrogen-bond acceptors (Lipinski definition) is 4. The summed E-state index contributed by atoms with van der Waals surface area (Å²) in [5.74, 6) is 0. The summed E-state index contributed by atoms with van der Waals surface area (Å²) in [6.07, 6.45) is 3.22. The first-order chi connectivity index (χ1) is 9.91. The van der Waals surface area contributed by atoms with Crippen molar-refractivity contribution >= 4 is 9.84 Å². The Balaban J connectivity index is 2.47. The molecular weight excluding hydrogens is 284 g/mol. The van der Waals surface area contributed by atoms with Crippen LogP contribution in [-0.4, -0.2) is 19.4 Å². The number of aryl methyl sites for hydroxylation is 1. The van der Waals surface area contributed by atoms with Gasteiger partial charge in [0.05, 0.1) is 4.90 Å². The fourth-order valence-corrected chi connectivity index (χ4v) is 3.80. The zero-order valence-electron chi connectivity index (χ0n) is 12.4. The second-order valence-electron chi connectivity index (χ2n) is 5.35. The minimum atomic E-state index is -3.52. The Morgan fingerprint density at radius 1 is 1.10 bits per heavy atom. The van der Waals surface area contributed by atoms with E-state index in [2.05, 4.69) is 10.3 Å². The van der Waals surface area contributed by atoms with Gasteiger partial charge in [-0.3, -0.25) is 10.3 Å². The molecule has 0 spiro atoms. The average molecular weight is 304 g/mol. The molecular formula is C16H20N2O2S. The van der Waals surface area contributed by atoms with E-state index in [-0.39, 0.29) is 6.04 Å². The smallest absolute Gasteiger partial charge is 0.198 e. The lowest BCUT2D eigenvalue weighted by Gasteiger charge is -2.22. The molecule has 112 valence electrons. The zero-order valence-corrected chi connectivity index (χ0v) is 13.3. The van der Waals surface area contributed by atoms with Crippen LogP contribution in [0, 0.1) is 6.92 Å². The molecule has 0 saturated carbocycles. The lowest BCUT2D eigenvalue weighted by atomic mass is 10.2. The van der Waals surface area contributed by atoms with Crippen LogP contribution in [0.5, 0.6) is 0 Å². The van der Waals surface area contributed by atoms with Gasteiger partial charge in [0.2, 0.25) is 0 Å². The number of benzene rings is 1. The minimum Gasteiger partial charge on any atom is -0.295 e. The number of hydrogen-bond donors (Lipinski definition) is 1. The minimum absolute atomic E-state index is 0.0374. The Morgan fingerprint density at radius 2 is 1.76 bits per heavy atom. The van der Waals surface area contributed by atoms with E-state index in [4.69, 9.17) is 0 Å². The molecule has 1 aromatic carbocycles. The lowest BCUT2D eigenvalue weighted by Crippen LogP contribution is -2.34. The molecule has 1 heterocycles. The molecule has 0 bridgehead atoms. The zero-order chi connectivity index (χ0) is 15.5. The molecule has 2 rings (SSSR count). The topological polar surface area (TPSA) is 59.1 Å². The predicted molar refractivity (Wildman–Crippen MR) is 83.6 cm³/mol. The van der Waals surface area contributed by atoms with Crippen molar-refractivity contribution in [3.63, 3.8) is 0 Å². The Morgan fingerprint density at radius 3 is 2.29 bits per heavy atom. The number of sulfone groups is 1. The first-order valence-corrected chi connectivity index (χ1v) is 8.42. The van der Waals surface area contributed by atoms with Crippen molar-refractivity contribution in [1.82, 2.24) is 10.3 Å². The van der Waals surface area contributed by atoms with Crippen LogP contribution in [0.2, 0.25) is 0 Å². The normalized spacial score (nSPS) is 13.3. The number of pyridine rings is 1. The van der Waals surface area contributed by atoms with E-state index >= 15 is 0 Å². The molecule has 5 heteroatoms. The Hall–Kier alpha value is -1.72. The fourth-order valence-electron chi connectivity index (χ4n) is 2.06. The van der Waals surface area contributed by atoms with Crippen LogP contribution in [0.4, 0.5) is 0 Å². The second-order valence-corrected chi connectivity index (χ2v) is 7.38. The SMILES string of the molecule is Cc1ccc(S(=O)(=O)C(NC(C)C)c2cccnc2)cc1. The van der Waals surface area contributed by atoms with Gasteiger partial charge in [-0.25, -0.2) is 8.42 Å². The molecule has 0 saturated heterocycles. The highest BCUT2D eigenvalue weighted by Gasteiger charge is 2.29. The monoisotopic (exact) mass is 304 g/mol. The summed E-state index contributed by atoms with van der Waals surface area (Å²) in [4.78, 5) is 4.34. The number of aromatic nitrogens is 1. The molecule has 1 atom stereocenters. The van der Waals surface area contributed by atoms with Crippen LogP contribution in [0.15, 0.2) is 53.7 Å². The highest BCUT2D eigenvalue weighted by Crippen LogP contribution is 2.27. The quantitative estimate of drug-likeness (QED) is 0.923. The van der Waals surface area contributed by atoms with Gasteiger partial charge in [-0.15, -0.1) is 0 Å². The predicted octanol–water partition coefficient (Wildman–Crippen LogP) is 2.86. The largest absolute Gasteiger partial charge is 0.295 e. The van der Waals surface area contributed by atoms with Crippen LogP contribution in [0.3, 0.4) is 0 Å². The molecule has 0 amide bonds. The third-order valence-electron chi connectivity index (χ3n) is 3.13. The van der Waals surface area contributed by atoms with Crippen LogP contribution in [-0.2, 0) is 9.84 Å². The van der Waals surface area contributed by atoms with E-state index in [1.165, 1.54) is 0 Å². The van der Waals surface area contributed by atoms with Crippen LogP contribution in [0.1, 0.15) is 30.3 Å². The maximum Gasteiger partial charge on any atom is 0.198 e. The molecule has 0 aliphatic carbocycles. The summed E-state index contributed by atoms with van der Waals surface area (Å²) in [5, 5.41) is 2.32. The van der Waals surface area contributed by atoms with Crippen molar-refractivity contribution in [2.24, 2.45) is 0 Å².